The van der Waals surface area contributed by atoms with Crippen molar-refractivity contribution in [1.29, 1.82) is 0 Å². The lowest BCUT2D eigenvalue weighted by molar-refractivity contribution is 0.366. The second kappa shape index (κ2) is 5.03. The molecule has 0 heterocycles. The number of ether oxygens (including phenoxy) is 1. The summed E-state index contributed by atoms with van der Waals surface area (Å²) in [6.45, 7) is 4.22. The molecule has 0 radical (unpaired) electrons. The third-order valence-electron chi connectivity index (χ3n) is 2.37. The summed E-state index contributed by atoms with van der Waals surface area (Å²) >= 11 is 0. The van der Waals surface area contributed by atoms with E-state index in [2.05, 4.69) is 13.8 Å². The van der Waals surface area contributed by atoms with E-state index >= 15 is 0 Å². The van der Waals surface area contributed by atoms with Gasteiger partial charge in [-0.1, -0.05) is 26.0 Å². The molecule has 3 heteroatoms. The number of benzene rings is 1. The van der Waals surface area contributed by atoms with E-state index in [9.17, 15) is 5.11 Å². The molecular weight excluding hydrogens is 190 g/mol. The highest BCUT2D eigenvalue weighted by Crippen LogP contribution is 2.34. The highest BCUT2D eigenvalue weighted by molar-refractivity contribution is 5.46. The molecule has 0 aliphatic carbocycles. The standard InChI is InChI=1S/C12H19NO2/c1-8(2)7-10(13)9-5-4-6-11(15-3)12(9)14/h4-6,8,10,14H,7,13H2,1-3H3. The van der Waals surface area contributed by atoms with Gasteiger partial charge in [-0.15, -0.1) is 0 Å². The van der Waals surface area contributed by atoms with Crippen LogP contribution in [0.2, 0.25) is 0 Å². The lowest BCUT2D eigenvalue weighted by atomic mass is 9.97. The second-order valence-corrected chi connectivity index (χ2v) is 4.13. The van der Waals surface area contributed by atoms with Crippen LogP contribution in [0.15, 0.2) is 18.2 Å². The van der Waals surface area contributed by atoms with Crippen LogP contribution < -0.4 is 10.5 Å². The summed E-state index contributed by atoms with van der Waals surface area (Å²) < 4.78 is 5.04. The van der Waals surface area contributed by atoms with E-state index in [0.29, 0.717) is 11.7 Å². The van der Waals surface area contributed by atoms with Crippen LogP contribution in [-0.4, -0.2) is 12.2 Å². The zero-order valence-electron chi connectivity index (χ0n) is 9.53. The summed E-state index contributed by atoms with van der Waals surface area (Å²) in [5.74, 6) is 1.14. The average Bonchev–Trinajstić information content (AvgIpc) is 2.17. The van der Waals surface area contributed by atoms with Gasteiger partial charge in [0, 0.05) is 11.6 Å². The highest BCUT2D eigenvalue weighted by Gasteiger charge is 2.15. The molecule has 3 N–H and O–H groups in total. The Hall–Kier alpha value is -1.22. The zero-order valence-corrected chi connectivity index (χ0v) is 9.53. The number of para-hydroxylation sites is 1. The van der Waals surface area contributed by atoms with Gasteiger partial charge in [-0.05, 0) is 18.4 Å². The van der Waals surface area contributed by atoms with Crippen LogP contribution in [0.3, 0.4) is 0 Å². The monoisotopic (exact) mass is 209 g/mol. The van der Waals surface area contributed by atoms with Crippen LogP contribution in [-0.2, 0) is 0 Å². The highest BCUT2D eigenvalue weighted by atomic mass is 16.5. The van der Waals surface area contributed by atoms with Gasteiger partial charge in [0.15, 0.2) is 11.5 Å². The van der Waals surface area contributed by atoms with E-state index < -0.39 is 0 Å². The van der Waals surface area contributed by atoms with Crippen molar-refractivity contribution in [2.24, 2.45) is 11.7 Å². The van der Waals surface area contributed by atoms with Crippen molar-refractivity contribution in [2.45, 2.75) is 26.3 Å². The van der Waals surface area contributed by atoms with E-state index in [1.165, 1.54) is 7.11 Å². The van der Waals surface area contributed by atoms with Gasteiger partial charge in [0.1, 0.15) is 0 Å². The summed E-state index contributed by atoms with van der Waals surface area (Å²) in [5, 5.41) is 9.87. The molecule has 0 amide bonds. The molecule has 0 saturated heterocycles. The number of nitrogens with two attached hydrogens (primary N) is 1. The Morgan fingerprint density at radius 2 is 2.07 bits per heavy atom. The first kappa shape index (κ1) is 11.9. The van der Waals surface area contributed by atoms with E-state index in [1.807, 2.05) is 12.1 Å². The molecule has 1 atom stereocenters. The van der Waals surface area contributed by atoms with Crippen molar-refractivity contribution in [1.82, 2.24) is 0 Å². The molecular formula is C12H19NO2. The van der Waals surface area contributed by atoms with E-state index in [4.69, 9.17) is 10.5 Å². The van der Waals surface area contributed by atoms with Crippen molar-refractivity contribution >= 4 is 0 Å². The minimum Gasteiger partial charge on any atom is -0.504 e. The normalized spacial score (nSPS) is 12.9. The first-order chi connectivity index (χ1) is 7.06. The molecule has 0 saturated carbocycles. The minimum absolute atomic E-state index is 0.139. The second-order valence-electron chi connectivity index (χ2n) is 4.13. The quantitative estimate of drug-likeness (QED) is 0.800. The third kappa shape index (κ3) is 2.86. The Kier molecular flexibility index (Phi) is 3.97. The predicted octanol–water partition coefficient (Wildman–Crippen LogP) is 2.45. The van der Waals surface area contributed by atoms with Gasteiger partial charge in [-0.2, -0.15) is 0 Å². The Morgan fingerprint density at radius 1 is 1.40 bits per heavy atom. The molecule has 0 spiro atoms. The van der Waals surface area contributed by atoms with Crippen molar-refractivity contribution in [3.05, 3.63) is 23.8 Å². The van der Waals surface area contributed by atoms with Gasteiger partial charge in [-0.25, -0.2) is 0 Å². The molecule has 0 aliphatic rings. The fourth-order valence-corrected chi connectivity index (χ4v) is 1.64. The third-order valence-corrected chi connectivity index (χ3v) is 2.37. The maximum atomic E-state index is 9.87. The summed E-state index contributed by atoms with van der Waals surface area (Å²) in [7, 11) is 1.53. The van der Waals surface area contributed by atoms with Gasteiger partial charge < -0.3 is 15.6 Å². The zero-order chi connectivity index (χ0) is 11.4. The maximum Gasteiger partial charge on any atom is 0.162 e. The van der Waals surface area contributed by atoms with Crippen LogP contribution >= 0.6 is 0 Å². The average molecular weight is 209 g/mol. The van der Waals surface area contributed by atoms with Gasteiger partial charge in [0.05, 0.1) is 7.11 Å². The van der Waals surface area contributed by atoms with E-state index in [1.54, 1.807) is 6.07 Å². The van der Waals surface area contributed by atoms with Crippen LogP contribution in [0.1, 0.15) is 31.9 Å². The number of phenols is 1. The van der Waals surface area contributed by atoms with Gasteiger partial charge >= 0.3 is 0 Å². The molecule has 15 heavy (non-hydrogen) atoms. The fraction of sp³-hybridized carbons (Fsp3) is 0.500. The molecule has 0 aliphatic heterocycles. The van der Waals surface area contributed by atoms with Crippen LogP contribution in [0, 0.1) is 5.92 Å². The van der Waals surface area contributed by atoms with Crippen molar-refractivity contribution in [2.75, 3.05) is 7.11 Å². The summed E-state index contributed by atoms with van der Waals surface area (Å²) in [6, 6.07) is 5.26. The smallest absolute Gasteiger partial charge is 0.162 e. The molecule has 1 aromatic carbocycles. The number of hydrogen-bond acceptors (Lipinski definition) is 3. The van der Waals surface area contributed by atoms with E-state index in [0.717, 1.165) is 12.0 Å². The van der Waals surface area contributed by atoms with Crippen LogP contribution in [0.25, 0.3) is 0 Å². The lowest BCUT2D eigenvalue weighted by Gasteiger charge is -2.17. The molecule has 1 aromatic rings. The first-order valence-electron chi connectivity index (χ1n) is 5.17. The van der Waals surface area contributed by atoms with E-state index in [-0.39, 0.29) is 11.8 Å². The van der Waals surface area contributed by atoms with Gasteiger partial charge in [0.2, 0.25) is 0 Å². The summed E-state index contributed by atoms with van der Waals surface area (Å²) in [6.07, 6.45) is 0.848. The first-order valence-corrected chi connectivity index (χ1v) is 5.17. The SMILES string of the molecule is COc1cccc(C(N)CC(C)C)c1O. The fourth-order valence-electron chi connectivity index (χ4n) is 1.64. The Balaban J connectivity index is 2.93. The molecule has 0 bridgehead atoms. The number of phenolic OH excluding ortho intramolecular Hbond substituents is 1. The topological polar surface area (TPSA) is 55.5 Å². The van der Waals surface area contributed by atoms with Crippen molar-refractivity contribution in [3.63, 3.8) is 0 Å². The number of hydrogen-bond donors (Lipinski definition) is 2. The van der Waals surface area contributed by atoms with Gasteiger partial charge in [-0.3, -0.25) is 0 Å². The molecule has 0 aromatic heterocycles. The predicted molar refractivity (Wildman–Crippen MR) is 61.0 cm³/mol. The molecule has 1 rings (SSSR count). The van der Waals surface area contributed by atoms with Crippen LogP contribution in [0.4, 0.5) is 0 Å². The van der Waals surface area contributed by atoms with Crippen molar-refractivity contribution < 1.29 is 9.84 Å². The largest absolute Gasteiger partial charge is 0.504 e. The summed E-state index contributed by atoms with van der Waals surface area (Å²) in [4.78, 5) is 0. The number of rotatable bonds is 4. The molecule has 0 fully saturated rings. The maximum absolute atomic E-state index is 9.87. The molecule has 1 unspecified atom stereocenters. The number of methoxy groups -OCH3 is 1. The molecule has 84 valence electrons. The summed E-state index contributed by atoms with van der Waals surface area (Å²) in [5.41, 5.74) is 6.76. The number of aromatic hydroxyl groups is 1. The van der Waals surface area contributed by atoms with Crippen molar-refractivity contribution in [3.8, 4) is 11.5 Å². The Bertz CT molecular complexity index is 323. The van der Waals surface area contributed by atoms with Crippen LogP contribution in [0.5, 0.6) is 11.5 Å². The Morgan fingerprint density at radius 3 is 2.60 bits per heavy atom. The minimum atomic E-state index is -0.139. The lowest BCUT2D eigenvalue weighted by Crippen LogP contribution is -2.13. The molecule has 3 nitrogen and oxygen atoms in total. The Labute approximate surface area is 90.9 Å². The van der Waals surface area contributed by atoms with Gasteiger partial charge in [0.25, 0.3) is 0 Å².